The van der Waals surface area contributed by atoms with Crippen LogP contribution in [0, 0.1) is 0 Å². The Hall–Kier alpha value is -2.84. The molecule has 2 aliphatic heterocycles. The summed E-state index contributed by atoms with van der Waals surface area (Å²) in [5, 5.41) is 5.25. The molecule has 2 aliphatic rings. The summed E-state index contributed by atoms with van der Waals surface area (Å²) in [5.41, 5.74) is -0.178. The van der Waals surface area contributed by atoms with Crippen molar-refractivity contribution in [3.05, 3.63) is 11.3 Å². The number of rotatable bonds is 12. The molecule has 0 aliphatic carbocycles. The minimum absolute atomic E-state index is 0.0408. The maximum atomic E-state index is 12.9. The van der Waals surface area contributed by atoms with E-state index >= 15 is 0 Å². The van der Waals surface area contributed by atoms with E-state index in [1.807, 2.05) is 0 Å². The molecule has 0 saturated carbocycles. The lowest BCUT2D eigenvalue weighted by molar-refractivity contribution is -0.157. The Labute approximate surface area is 204 Å². The average molecular weight is 522 g/mol. The number of carbonyl (C=O) groups is 5. The zero-order valence-corrected chi connectivity index (χ0v) is 20.2. The molecule has 0 bridgehead atoms. The number of hydrogen-bond donors (Lipinski definition) is 1. The molecule has 1 unspecified atom stereocenters. The smallest absolute Gasteiger partial charge is 0.435 e. The molecule has 34 heavy (non-hydrogen) atoms. The van der Waals surface area contributed by atoms with Gasteiger partial charge >= 0.3 is 12.1 Å². The number of nitrogens with zero attached hydrogens (tertiary/aromatic N) is 2. The van der Waals surface area contributed by atoms with Crippen molar-refractivity contribution in [1.82, 2.24) is 10.2 Å². The molecule has 1 fully saturated rings. The van der Waals surface area contributed by atoms with Gasteiger partial charge in [-0.1, -0.05) is 5.16 Å². The molecule has 188 valence electrons. The third kappa shape index (κ3) is 6.39. The first-order valence-electron chi connectivity index (χ1n) is 10.0. The highest BCUT2D eigenvalue weighted by Crippen LogP contribution is 2.40. The van der Waals surface area contributed by atoms with Gasteiger partial charge in [-0.25, -0.2) is 9.59 Å². The lowest BCUT2D eigenvalue weighted by Crippen LogP contribution is -2.71. The second kappa shape index (κ2) is 13.2. The summed E-state index contributed by atoms with van der Waals surface area (Å²) < 4.78 is 19.3. The van der Waals surface area contributed by atoms with Crippen LogP contribution in [0.25, 0.3) is 0 Å². The second-order valence-electron chi connectivity index (χ2n) is 6.54. The van der Waals surface area contributed by atoms with Crippen LogP contribution in [0.3, 0.4) is 0 Å². The van der Waals surface area contributed by atoms with E-state index in [9.17, 15) is 24.0 Å². The monoisotopic (exact) mass is 521 g/mol. The number of halogens is 1. The van der Waals surface area contributed by atoms with Crippen molar-refractivity contribution in [1.29, 1.82) is 0 Å². The number of esters is 1. The van der Waals surface area contributed by atoms with Gasteiger partial charge in [0.2, 0.25) is 18.3 Å². The van der Waals surface area contributed by atoms with Crippen LogP contribution >= 0.6 is 23.4 Å². The van der Waals surface area contributed by atoms with Gasteiger partial charge in [0, 0.05) is 12.9 Å². The van der Waals surface area contributed by atoms with Crippen molar-refractivity contribution in [3.8, 4) is 0 Å². The molecule has 0 spiro atoms. The number of thioether (sulfide) groups is 1. The van der Waals surface area contributed by atoms with Crippen LogP contribution < -0.4 is 5.32 Å². The number of methoxy groups -OCH3 is 1. The summed E-state index contributed by atoms with van der Waals surface area (Å²) in [5.74, 6) is -3.47. The third-order valence-electron chi connectivity index (χ3n) is 4.36. The molecular weight excluding hydrogens is 498 g/mol. The van der Waals surface area contributed by atoms with Crippen LogP contribution in [0.2, 0.25) is 0 Å². The molecule has 2 rings (SSSR count). The van der Waals surface area contributed by atoms with Gasteiger partial charge in [0.1, 0.15) is 23.7 Å². The fourth-order valence-electron chi connectivity index (χ4n) is 2.94. The highest BCUT2D eigenvalue weighted by molar-refractivity contribution is 8.00. The highest BCUT2D eigenvalue weighted by atomic mass is 35.5. The Morgan fingerprint density at radius 3 is 2.53 bits per heavy atom. The molecule has 0 aromatic rings. The van der Waals surface area contributed by atoms with Crippen LogP contribution in [-0.2, 0) is 43.0 Å². The van der Waals surface area contributed by atoms with Crippen molar-refractivity contribution >= 4 is 58.8 Å². The number of fused-ring (bicyclic) bond motifs is 1. The van der Waals surface area contributed by atoms with Crippen LogP contribution in [0.4, 0.5) is 4.79 Å². The van der Waals surface area contributed by atoms with Crippen LogP contribution in [-0.4, -0.2) is 97.1 Å². The van der Waals surface area contributed by atoms with E-state index < -0.39 is 59.5 Å². The first kappa shape index (κ1) is 27.4. The summed E-state index contributed by atoms with van der Waals surface area (Å²) >= 11 is 6.79. The summed E-state index contributed by atoms with van der Waals surface area (Å²) in [7, 11) is 1.42. The van der Waals surface area contributed by atoms with Gasteiger partial charge in [-0.05, 0) is 19.4 Å². The zero-order chi connectivity index (χ0) is 25.3. The molecule has 15 heteroatoms. The van der Waals surface area contributed by atoms with Crippen LogP contribution in [0.15, 0.2) is 16.4 Å². The molecule has 2 heterocycles. The molecule has 0 aromatic carbocycles. The Kier molecular flexibility index (Phi) is 10.6. The van der Waals surface area contributed by atoms with E-state index in [1.165, 1.54) is 18.9 Å². The molecule has 2 amide bonds. The maximum Gasteiger partial charge on any atom is 0.511 e. The lowest BCUT2D eigenvalue weighted by Gasteiger charge is -2.49. The molecule has 1 N–H and O–H groups in total. The largest absolute Gasteiger partial charge is 0.511 e. The number of carbonyl (C=O) groups excluding carboxylic acids is 5. The Bertz CT molecular complexity index is 894. The van der Waals surface area contributed by atoms with E-state index in [2.05, 4.69) is 19.9 Å². The summed E-state index contributed by atoms with van der Waals surface area (Å²) in [4.78, 5) is 67.2. The van der Waals surface area contributed by atoms with Gasteiger partial charge in [0.15, 0.2) is 0 Å². The standard InChI is InChI=1S/C19H24ClN3O10S/c1-4-30-19(28)32-9-31-18(27)14-10(7-29-3)8-34-17-13(16(26)23(14)17)21-15(25)12(11(24)6-20)22-33-5-2/h13,17H,4-9H2,1-3H3,(H,21,25)/t13?,17-/m1/s1. The maximum absolute atomic E-state index is 12.9. The lowest BCUT2D eigenvalue weighted by atomic mass is 10.0. The van der Waals surface area contributed by atoms with Crippen molar-refractivity contribution < 1.29 is 47.8 Å². The quantitative estimate of drug-likeness (QED) is 0.0708. The average Bonchev–Trinajstić information content (AvgIpc) is 2.82. The van der Waals surface area contributed by atoms with E-state index in [0.717, 1.165) is 4.90 Å². The Morgan fingerprint density at radius 1 is 1.18 bits per heavy atom. The number of nitrogens with one attached hydrogen (secondary N) is 1. The predicted molar refractivity (Wildman–Crippen MR) is 118 cm³/mol. The van der Waals surface area contributed by atoms with Gasteiger partial charge in [-0.2, -0.15) is 0 Å². The third-order valence-corrected chi connectivity index (χ3v) is 5.94. The first-order chi connectivity index (χ1) is 16.3. The molecule has 0 radical (unpaired) electrons. The summed E-state index contributed by atoms with van der Waals surface area (Å²) in [6.45, 7) is 2.70. The van der Waals surface area contributed by atoms with Crippen molar-refractivity contribution in [2.75, 3.05) is 45.4 Å². The second-order valence-corrected chi connectivity index (χ2v) is 7.91. The number of β-lactam (4-membered cyclic amide) rings is 1. The fraction of sp³-hybridized carbons (Fsp3) is 0.579. The topological polar surface area (TPSA) is 159 Å². The van der Waals surface area contributed by atoms with Crippen molar-refractivity contribution in [2.24, 2.45) is 5.16 Å². The first-order valence-corrected chi connectivity index (χ1v) is 11.6. The SMILES string of the molecule is CCON=C(C(=O)CCl)C(=O)NC1C(=O)N2C(C(=O)OCOC(=O)OCC)=C(COC)CS[C@H]12. The van der Waals surface area contributed by atoms with Gasteiger partial charge in [0.25, 0.3) is 11.8 Å². The molecule has 2 atom stereocenters. The molecule has 1 saturated heterocycles. The van der Waals surface area contributed by atoms with E-state index in [-0.39, 0.29) is 25.5 Å². The van der Waals surface area contributed by atoms with E-state index in [0.29, 0.717) is 11.3 Å². The number of ketones is 1. The summed E-state index contributed by atoms with van der Waals surface area (Å²) in [6.07, 6.45) is -1.02. The van der Waals surface area contributed by atoms with Crippen LogP contribution in [0.5, 0.6) is 0 Å². The van der Waals surface area contributed by atoms with Gasteiger partial charge in [-0.3, -0.25) is 19.3 Å². The van der Waals surface area contributed by atoms with Gasteiger partial charge in [-0.15, -0.1) is 23.4 Å². The normalized spacial score (nSPS) is 19.6. The highest BCUT2D eigenvalue weighted by Gasteiger charge is 2.54. The zero-order valence-electron chi connectivity index (χ0n) is 18.7. The number of hydrogen-bond acceptors (Lipinski definition) is 12. The Morgan fingerprint density at radius 2 is 1.91 bits per heavy atom. The van der Waals surface area contributed by atoms with Gasteiger partial charge < -0.3 is 29.1 Å². The minimum atomic E-state index is -1.05. The molecule has 13 nitrogen and oxygen atoms in total. The fourth-order valence-corrected chi connectivity index (χ4v) is 4.39. The number of amides is 2. The molecular formula is C19H24ClN3O10S. The summed E-state index contributed by atoms with van der Waals surface area (Å²) in [6, 6.07) is -1.05. The Balaban J connectivity index is 2.14. The van der Waals surface area contributed by atoms with Crippen molar-refractivity contribution in [3.63, 3.8) is 0 Å². The minimum Gasteiger partial charge on any atom is -0.435 e. The van der Waals surface area contributed by atoms with E-state index in [4.69, 9.17) is 25.9 Å². The van der Waals surface area contributed by atoms with E-state index in [1.54, 1.807) is 13.8 Å². The van der Waals surface area contributed by atoms with Crippen LogP contribution in [0.1, 0.15) is 13.8 Å². The number of alkyl halides is 1. The number of Topliss-reactive ketones (excluding diaryl/α,β-unsaturated/α-hetero) is 1. The number of ether oxygens (including phenoxy) is 4. The predicted octanol–water partition coefficient (Wildman–Crippen LogP) is 0.161. The van der Waals surface area contributed by atoms with Crippen molar-refractivity contribution in [2.45, 2.75) is 25.3 Å². The van der Waals surface area contributed by atoms with Gasteiger partial charge in [0.05, 0.1) is 19.1 Å². The number of oxime groups is 1. The molecule has 0 aromatic heterocycles.